The molecule has 0 aromatic carbocycles. The number of hydrogen-bond donors (Lipinski definition) is 1. The Kier molecular flexibility index (Phi) is 4.24. The van der Waals surface area contributed by atoms with Gasteiger partial charge in [0.1, 0.15) is 5.82 Å². The van der Waals surface area contributed by atoms with Gasteiger partial charge in [-0.05, 0) is 20.4 Å². The van der Waals surface area contributed by atoms with Crippen molar-refractivity contribution in [3.05, 3.63) is 11.3 Å². The van der Waals surface area contributed by atoms with Gasteiger partial charge in [0.15, 0.2) is 0 Å². The molecule has 0 amide bonds. The molecular weight excluding hydrogens is 228 g/mol. The summed E-state index contributed by atoms with van der Waals surface area (Å²) in [6, 6.07) is 0. The molecule has 1 unspecified atom stereocenters. The highest BCUT2D eigenvalue weighted by atomic mass is 16.5. The normalized spacial score (nSPS) is 19.8. The smallest absolute Gasteiger partial charge is 0.131 e. The highest BCUT2D eigenvalue weighted by Gasteiger charge is 2.27. The minimum absolute atomic E-state index is 0.646. The van der Waals surface area contributed by atoms with E-state index in [9.17, 15) is 0 Å². The number of nitrogens with one attached hydrogen (secondary N) is 1. The number of anilines is 1. The van der Waals surface area contributed by atoms with Crippen molar-refractivity contribution in [2.45, 2.75) is 19.9 Å². The highest BCUT2D eigenvalue weighted by molar-refractivity contribution is 5.51. The Balaban J connectivity index is 2.18. The van der Waals surface area contributed by atoms with E-state index in [4.69, 9.17) is 4.74 Å². The molecule has 0 radical (unpaired) electrons. The van der Waals surface area contributed by atoms with Gasteiger partial charge in [0, 0.05) is 45.3 Å². The summed E-state index contributed by atoms with van der Waals surface area (Å²) in [5, 5.41) is 7.78. The molecule has 5 nitrogen and oxygen atoms in total. The molecule has 102 valence electrons. The van der Waals surface area contributed by atoms with Crippen LogP contribution in [0.25, 0.3) is 0 Å². The predicted octanol–water partition coefficient (Wildman–Crippen LogP) is 0.921. The zero-order valence-electron chi connectivity index (χ0n) is 11.9. The number of rotatable bonds is 5. The third-order valence-electron chi connectivity index (χ3n) is 3.65. The number of ether oxygens (including phenoxy) is 1. The first kappa shape index (κ1) is 13.4. The number of aromatic nitrogens is 2. The summed E-state index contributed by atoms with van der Waals surface area (Å²) in [6.07, 6.45) is 1.21. The van der Waals surface area contributed by atoms with Crippen molar-refractivity contribution in [1.82, 2.24) is 15.1 Å². The van der Waals surface area contributed by atoms with E-state index in [0.717, 1.165) is 31.9 Å². The van der Waals surface area contributed by atoms with E-state index in [1.807, 2.05) is 18.8 Å². The van der Waals surface area contributed by atoms with Crippen LogP contribution in [0.15, 0.2) is 0 Å². The zero-order chi connectivity index (χ0) is 13.1. The van der Waals surface area contributed by atoms with Gasteiger partial charge in [-0.25, -0.2) is 0 Å². The molecule has 0 saturated carbocycles. The van der Waals surface area contributed by atoms with Gasteiger partial charge < -0.3 is 15.0 Å². The van der Waals surface area contributed by atoms with Gasteiger partial charge in [0.2, 0.25) is 0 Å². The lowest BCUT2D eigenvalue weighted by Crippen LogP contribution is -2.25. The van der Waals surface area contributed by atoms with Crippen LogP contribution in [0.3, 0.4) is 0 Å². The van der Waals surface area contributed by atoms with Crippen LogP contribution >= 0.6 is 0 Å². The molecule has 0 spiro atoms. The van der Waals surface area contributed by atoms with E-state index in [1.54, 1.807) is 7.11 Å². The zero-order valence-corrected chi connectivity index (χ0v) is 11.9. The quantitative estimate of drug-likeness (QED) is 0.846. The maximum Gasteiger partial charge on any atom is 0.131 e. The third kappa shape index (κ3) is 2.52. The van der Waals surface area contributed by atoms with E-state index in [1.165, 1.54) is 17.8 Å². The van der Waals surface area contributed by atoms with E-state index < -0.39 is 0 Å². The lowest BCUT2D eigenvalue weighted by molar-refractivity contribution is 0.161. The van der Waals surface area contributed by atoms with Crippen LogP contribution in [0.2, 0.25) is 0 Å². The molecule has 1 aliphatic heterocycles. The maximum atomic E-state index is 5.26. The third-order valence-corrected chi connectivity index (χ3v) is 3.65. The average molecular weight is 252 g/mol. The fourth-order valence-corrected chi connectivity index (χ4v) is 2.87. The Bertz CT molecular complexity index is 402. The minimum Gasteiger partial charge on any atom is -0.384 e. The maximum absolute atomic E-state index is 5.26. The van der Waals surface area contributed by atoms with Crippen molar-refractivity contribution in [2.75, 3.05) is 38.8 Å². The standard InChI is InChI=1S/C13H24N4O/c1-10-12(7-14-2)13(16(3)15-10)17-6-5-11(8-17)9-18-4/h11,14H,5-9H2,1-4H3. The minimum atomic E-state index is 0.646. The fraction of sp³-hybridized carbons (Fsp3) is 0.769. The molecule has 1 saturated heterocycles. The largest absolute Gasteiger partial charge is 0.384 e. The van der Waals surface area contributed by atoms with Gasteiger partial charge in [-0.1, -0.05) is 0 Å². The Morgan fingerprint density at radius 1 is 1.50 bits per heavy atom. The van der Waals surface area contributed by atoms with Crippen LogP contribution in [-0.4, -0.2) is 43.6 Å². The second-order valence-corrected chi connectivity index (χ2v) is 5.10. The van der Waals surface area contributed by atoms with Crippen molar-refractivity contribution in [3.8, 4) is 0 Å². The molecule has 18 heavy (non-hydrogen) atoms. The van der Waals surface area contributed by atoms with Gasteiger partial charge in [-0.3, -0.25) is 4.68 Å². The molecule has 2 heterocycles. The van der Waals surface area contributed by atoms with Gasteiger partial charge >= 0.3 is 0 Å². The van der Waals surface area contributed by atoms with Gasteiger partial charge in [-0.2, -0.15) is 5.10 Å². The van der Waals surface area contributed by atoms with Crippen LogP contribution in [0.4, 0.5) is 5.82 Å². The number of aryl methyl sites for hydroxylation is 2. The Labute approximate surface area is 109 Å². The Morgan fingerprint density at radius 3 is 2.94 bits per heavy atom. The molecule has 5 heteroatoms. The van der Waals surface area contributed by atoms with Crippen molar-refractivity contribution in [2.24, 2.45) is 13.0 Å². The SMILES string of the molecule is CNCc1c(C)nn(C)c1N1CCC(COC)C1. The van der Waals surface area contributed by atoms with E-state index in [-0.39, 0.29) is 0 Å². The summed E-state index contributed by atoms with van der Waals surface area (Å²) < 4.78 is 7.27. The van der Waals surface area contributed by atoms with Crippen molar-refractivity contribution >= 4 is 5.82 Å². The van der Waals surface area contributed by atoms with Crippen LogP contribution in [0.1, 0.15) is 17.7 Å². The monoisotopic (exact) mass is 252 g/mol. The first-order valence-corrected chi connectivity index (χ1v) is 6.58. The highest BCUT2D eigenvalue weighted by Crippen LogP contribution is 2.28. The summed E-state index contributed by atoms with van der Waals surface area (Å²) in [6.45, 7) is 5.99. The lowest BCUT2D eigenvalue weighted by atomic mass is 10.1. The van der Waals surface area contributed by atoms with Crippen molar-refractivity contribution < 1.29 is 4.74 Å². The van der Waals surface area contributed by atoms with E-state index in [0.29, 0.717) is 5.92 Å². The number of methoxy groups -OCH3 is 1. The fourth-order valence-electron chi connectivity index (χ4n) is 2.87. The lowest BCUT2D eigenvalue weighted by Gasteiger charge is -2.20. The summed E-state index contributed by atoms with van der Waals surface area (Å²) in [5.41, 5.74) is 2.44. The summed E-state index contributed by atoms with van der Waals surface area (Å²) in [7, 11) is 5.79. The molecule has 1 fully saturated rings. The molecule has 1 atom stereocenters. The molecule has 1 aromatic heterocycles. The van der Waals surface area contributed by atoms with Crippen LogP contribution < -0.4 is 10.2 Å². The Morgan fingerprint density at radius 2 is 2.28 bits per heavy atom. The van der Waals surface area contributed by atoms with Crippen molar-refractivity contribution in [3.63, 3.8) is 0 Å². The second-order valence-electron chi connectivity index (χ2n) is 5.10. The van der Waals surface area contributed by atoms with Gasteiger partial charge in [-0.15, -0.1) is 0 Å². The van der Waals surface area contributed by atoms with Crippen LogP contribution in [0, 0.1) is 12.8 Å². The van der Waals surface area contributed by atoms with Gasteiger partial charge in [0.25, 0.3) is 0 Å². The van der Waals surface area contributed by atoms with Crippen molar-refractivity contribution in [1.29, 1.82) is 0 Å². The van der Waals surface area contributed by atoms with Crippen LogP contribution in [-0.2, 0) is 18.3 Å². The summed E-state index contributed by atoms with van der Waals surface area (Å²) >= 11 is 0. The average Bonchev–Trinajstić information content (AvgIpc) is 2.86. The molecule has 1 aromatic rings. The first-order chi connectivity index (χ1) is 8.67. The molecular formula is C13H24N4O. The predicted molar refractivity (Wildman–Crippen MR) is 72.9 cm³/mol. The number of nitrogens with zero attached hydrogens (tertiary/aromatic N) is 3. The first-order valence-electron chi connectivity index (χ1n) is 6.58. The molecule has 1 N–H and O–H groups in total. The summed E-state index contributed by atoms with van der Waals surface area (Å²) in [5.74, 6) is 1.91. The van der Waals surface area contributed by atoms with E-state index >= 15 is 0 Å². The topological polar surface area (TPSA) is 42.3 Å². The van der Waals surface area contributed by atoms with E-state index in [2.05, 4.69) is 22.2 Å². The summed E-state index contributed by atoms with van der Waals surface area (Å²) in [4.78, 5) is 2.44. The molecule has 0 bridgehead atoms. The van der Waals surface area contributed by atoms with Gasteiger partial charge in [0.05, 0.1) is 12.3 Å². The molecule has 0 aliphatic carbocycles. The molecule has 2 rings (SSSR count). The second kappa shape index (κ2) is 5.71. The van der Waals surface area contributed by atoms with Crippen LogP contribution in [0.5, 0.6) is 0 Å². The number of hydrogen-bond acceptors (Lipinski definition) is 4. The Hall–Kier alpha value is -1.07. The molecule has 1 aliphatic rings.